The molecule has 0 saturated carbocycles. The Morgan fingerprint density at radius 1 is 1.30 bits per heavy atom. The van der Waals surface area contributed by atoms with Crippen molar-refractivity contribution < 1.29 is 4.39 Å². The molecule has 2 unspecified atom stereocenters. The fourth-order valence-corrected chi connectivity index (χ4v) is 3.38. The van der Waals surface area contributed by atoms with Crippen molar-refractivity contribution in [2.24, 2.45) is 5.92 Å². The highest BCUT2D eigenvalue weighted by atomic mass is 19.1. The average molecular weight is 275 g/mol. The van der Waals surface area contributed by atoms with Crippen LogP contribution in [0.15, 0.2) is 42.8 Å². The fraction of sp³-hybridized carbons (Fsp3) is 0.562. The molecule has 1 aromatic heterocycles. The van der Waals surface area contributed by atoms with Crippen LogP contribution in [0.2, 0.25) is 0 Å². The Hall–Kier alpha value is -1.42. The van der Waals surface area contributed by atoms with Crippen LogP contribution in [0.3, 0.4) is 0 Å². The molecule has 0 spiro atoms. The summed E-state index contributed by atoms with van der Waals surface area (Å²) in [4.78, 5) is 2.00. The van der Waals surface area contributed by atoms with E-state index in [2.05, 4.69) is 12.0 Å². The lowest BCUT2D eigenvalue weighted by molar-refractivity contribution is -0.0469. The van der Waals surface area contributed by atoms with Crippen molar-refractivity contribution in [1.29, 1.82) is 0 Å². The Morgan fingerprint density at radius 3 is 2.75 bits per heavy atom. The maximum absolute atomic E-state index is 15.4. The molecule has 0 radical (unpaired) electrons. The number of allylic oxidation sites excluding steroid dienone is 2. The summed E-state index contributed by atoms with van der Waals surface area (Å²) in [6, 6.07) is 2.36. The van der Waals surface area contributed by atoms with Gasteiger partial charge in [-0.05, 0) is 31.4 Å². The molecule has 0 bridgehead atoms. The van der Waals surface area contributed by atoms with Gasteiger partial charge in [-0.3, -0.25) is 9.58 Å². The van der Waals surface area contributed by atoms with Crippen LogP contribution in [0, 0.1) is 5.92 Å². The zero-order valence-electron chi connectivity index (χ0n) is 12.0. The maximum atomic E-state index is 15.4. The predicted octanol–water partition coefficient (Wildman–Crippen LogP) is 3.34. The van der Waals surface area contributed by atoms with E-state index in [1.807, 2.05) is 46.3 Å². The predicted molar refractivity (Wildman–Crippen MR) is 78.0 cm³/mol. The summed E-state index contributed by atoms with van der Waals surface area (Å²) in [5, 5.41) is 4.31. The lowest BCUT2D eigenvalue weighted by Crippen LogP contribution is -2.52. The van der Waals surface area contributed by atoms with E-state index < -0.39 is 5.79 Å². The Labute approximate surface area is 119 Å². The zero-order valence-corrected chi connectivity index (χ0v) is 12.0. The minimum Gasteiger partial charge on any atom is -0.270 e. The van der Waals surface area contributed by atoms with Crippen LogP contribution in [0.4, 0.5) is 4.39 Å². The van der Waals surface area contributed by atoms with E-state index in [4.69, 9.17) is 0 Å². The highest BCUT2D eigenvalue weighted by Crippen LogP contribution is 2.37. The monoisotopic (exact) mass is 275 g/mol. The van der Waals surface area contributed by atoms with E-state index in [0.717, 1.165) is 32.4 Å². The van der Waals surface area contributed by atoms with Gasteiger partial charge in [0, 0.05) is 31.4 Å². The number of halogens is 1. The summed E-state index contributed by atoms with van der Waals surface area (Å²) in [7, 11) is 0. The van der Waals surface area contributed by atoms with Crippen LogP contribution in [0.1, 0.15) is 32.2 Å². The zero-order chi connectivity index (χ0) is 14.0. The highest BCUT2D eigenvalue weighted by Gasteiger charge is 2.42. The third-order valence-electron chi connectivity index (χ3n) is 4.59. The molecule has 3 rings (SSSR count). The second-order valence-electron chi connectivity index (χ2n) is 5.69. The molecule has 1 aliphatic heterocycles. The number of aromatic nitrogens is 2. The van der Waals surface area contributed by atoms with Crippen molar-refractivity contribution in [3.8, 4) is 0 Å². The third-order valence-corrected chi connectivity index (χ3v) is 4.59. The molecule has 1 aliphatic carbocycles. The van der Waals surface area contributed by atoms with E-state index in [9.17, 15) is 0 Å². The Balaban J connectivity index is 1.68. The van der Waals surface area contributed by atoms with E-state index in [1.165, 1.54) is 0 Å². The van der Waals surface area contributed by atoms with Crippen LogP contribution in [0.5, 0.6) is 0 Å². The first kappa shape index (κ1) is 13.6. The standard InChI is InChI=1S/C16H22FN3/c1-2-14-6-3-4-9-16(14,17)19-12-7-15(8-13-19)20-11-5-10-18-20/h3-6,9-11,14-15H,2,7-8,12-13H2,1H3. The summed E-state index contributed by atoms with van der Waals surface area (Å²) < 4.78 is 17.4. The first-order chi connectivity index (χ1) is 9.74. The van der Waals surface area contributed by atoms with Crippen molar-refractivity contribution in [2.45, 2.75) is 38.0 Å². The Kier molecular flexibility index (Phi) is 3.74. The summed E-state index contributed by atoms with van der Waals surface area (Å²) in [6.45, 7) is 3.63. The van der Waals surface area contributed by atoms with Crippen LogP contribution in [0.25, 0.3) is 0 Å². The first-order valence-corrected chi connectivity index (χ1v) is 7.53. The van der Waals surface area contributed by atoms with Gasteiger partial charge >= 0.3 is 0 Å². The van der Waals surface area contributed by atoms with Gasteiger partial charge in [-0.25, -0.2) is 4.39 Å². The smallest absolute Gasteiger partial charge is 0.189 e. The summed E-state index contributed by atoms with van der Waals surface area (Å²) in [5.74, 6) is -1.34. The Morgan fingerprint density at radius 2 is 2.10 bits per heavy atom. The molecule has 0 N–H and O–H groups in total. The molecule has 1 aromatic rings. The SMILES string of the molecule is CCC1C=CC=CC1(F)N1CCC(n2cccn2)CC1. The van der Waals surface area contributed by atoms with E-state index in [-0.39, 0.29) is 5.92 Å². The lowest BCUT2D eigenvalue weighted by Gasteiger charge is -2.44. The number of rotatable bonds is 3. The molecule has 3 nitrogen and oxygen atoms in total. The molecule has 108 valence electrons. The molecular formula is C16H22FN3. The molecule has 2 heterocycles. The summed E-state index contributed by atoms with van der Waals surface area (Å²) in [6.07, 6.45) is 14.1. The minimum absolute atomic E-state index is 0.0336. The quantitative estimate of drug-likeness (QED) is 0.789. The topological polar surface area (TPSA) is 21.1 Å². The van der Waals surface area contributed by atoms with E-state index >= 15 is 4.39 Å². The number of nitrogens with zero attached hydrogens (tertiary/aromatic N) is 3. The van der Waals surface area contributed by atoms with Crippen molar-refractivity contribution in [1.82, 2.24) is 14.7 Å². The molecule has 0 aromatic carbocycles. The third kappa shape index (κ3) is 2.33. The highest BCUT2D eigenvalue weighted by molar-refractivity contribution is 5.21. The van der Waals surface area contributed by atoms with Crippen LogP contribution in [-0.4, -0.2) is 33.6 Å². The van der Waals surface area contributed by atoms with Gasteiger partial charge in [-0.15, -0.1) is 0 Å². The second kappa shape index (κ2) is 5.52. The van der Waals surface area contributed by atoms with Gasteiger partial charge in [0.1, 0.15) is 0 Å². The molecule has 1 fully saturated rings. The van der Waals surface area contributed by atoms with Gasteiger partial charge in [-0.2, -0.15) is 5.10 Å². The largest absolute Gasteiger partial charge is 0.270 e. The van der Waals surface area contributed by atoms with Gasteiger partial charge in [0.15, 0.2) is 5.79 Å². The van der Waals surface area contributed by atoms with Gasteiger partial charge < -0.3 is 0 Å². The maximum Gasteiger partial charge on any atom is 0.189 e. The number of alkyl halides is 1. The molecule has 4 heteroatoms. The van der Waals surface area contributed by atoms with E-state index in [0.29, 0.717) is 6.04 Å². The second-order valence-corrected chi connectivity index (χ2v) is 5.69. The first-order valence-electron chi connectivity index (χ1n) is 7.53. The molecular weight excluding hydrogens is 253 g/mol. The van der Waals surface area contributed by atoms with Gasteiger partial charge in [-0.1, -0.05) is 25.2 Å². The number of hydrogen-bond acceptors (Lipinski definition) is 2. The minimum atomic E-state index is -1.31. The summed E-state index contributed by atoms with van der Waals surface area (Å²) >= 11 is 0. The van der Waals surface area contributed by atoms with Crippen LogP contribution >= 0.6 is 0 Å². The molecule has 2 atom stereocenters. The van der Waals surface area contributed by atoms with Gasteiger partial charge in [0.05, 0.1) is 6.04 Å². The average Bonchev–Trinajstić information content (AvgIpc) is 3.02. The number of hydrogen-bond donors (Lipinski definition) is 0. The molecule has 20 heavy (non-hydrogen) atoms. The van der Waals surface area contributed by atoms with Gasteiger partial charge in [0.2, 0.25) is 0 Å². The molecule has 2 aliphatic rings. The fourth-order valence-electron chi connectivity index (χ4n) is 3.38. The Bertz CT molecular complexity index is 486. The lowest BCUT2D eigenvalue weighted by atomic mass is 9.87. The van der Waals surface area contributed by atoms with Crippen molar-refractivity contribution in [2.75, 3.05) is 13.1 Å². The molecule has 1 saturated heterocycles. The normalized spacial score (nSPS) is 31.8. The summed E-state index contributed by atoms with van der Waals surface area (Å²) in [5.41, 5.74) is 0. The van der Waals surface area contributed by atoms with Crippen LogP contribution < -0.4 is 0 Å². The van der Waals surface area contributed by atoms with Gasteiger partial charge in [0.25, 0.3) is 0 Å². The number of likely N-dealkylation sites (tertiary alicyclic amines) is 1. The van der Waals surface area contributed by atoms with Crippen molar-refractivity contribution >= 4 is 0 Å². The van der Waals surface area contributed by atoms with Crippen molar-refractivity contribution in [3.05, 3.63) is 42.8 Å². The molecule has 0 amide bonds. The number of piperidine rings is 1. The van der Waals surface area contributed by atoms with Crippen molar-refractivity contribution in [3.63, 3.8) is 0 Å². The van der Waals surface area contributed by atoms with Crippen LogP contribution in [-0.2, 0) is 0 Å². The van der Waals surface area contributed by atoms with E-state index in [1.54, 1.807) is 6.08 Å².